The Bertz CT molecular complexity index is 202. The molecule has 2 heteroatoms. The molecule has 3 N–H and O–H groups in total. The molecule has 0 aromatic rings. The Labute approximate surface area is 73.1 Å². The van der Waals surface area contributed by atoms with Crippen LogP contribution in [0.2, 0.25) is 0 Å². The number of hydrogen-bond acceptors (Lipinski definition) is 2. The fraction of sp³-hybridized carbons (Fsp3) is 1.00. The molecule has 0 spiro atoms. The third kappa shape index (κ3) is 0.775. The molecule has 5 atom stereocenters. The molecule has 0 aliphatic heterocycles. The zero-order chi connectivity index (χ0) is 8.34. The zero-order valence-corrected chi connectivity index (χ0v) is 7.37. The highest BCUT2D eigenvalue weighted by molar-refractivity contribution is 5.08. The highest BCUT2D eigenvalue weighted by atomic mass is 16.3. The van der Waals surface area contributed by atoms with Crippen LogP contribution in [0.1, 0.15) is 32.1 Å². The SMILES string of the molecule is NC1C2C[C@@H]3C[C@H](C2)CC1(O)C3. The lowest BCUT2D eigenvalue weighted by atomic mass is 9.52. The average molecular weight is 167 g/mol. The molecule has 4 saturated carbocycles. The summed E-state index contributed by atoms with van der Waals surface area (Å²) in [4.78, 5) is 0. The normalized spacial score (nSPS) is 62.5. The first-order valence-electron chi connectivity index (χ1n) is 5.15. The van der Waals surface area contributed by atoms with E-state index in [0.717, 1.165) is 24.7 Å². The largest absolute Gasteiger partial charge is 0.388 e. The second kappa shape index (κ2) is 2.05. The summed E-state index contributed by atoms with van der Waals surface area (Å²) < 4.78 is 0. The predicted molar refractivity (Wildman–Crippen MR) is 46.5 cm³/mol. The van der Waals surface area contributed by atoms with Crippen molar-refractivity contribution in [3.63, 3.8) is 0 Å². The van der Waals surface area contributed by atoms with Gasteiger partial charge in [-0.05, 0) is 49.9 Å². The molecule has 4 aliphatic rings. The molecular weight excluding hydrogens is 150 g/mol. The summed E-state index contributed by atoms with van der Waals surface area (Å²) in [5.74, 6) is 2.24. The van der Waals surface area contributed by atoms with Crippen LogP contribution in [0, 0.1) is 17.8 Å². The Morgan fingerprint density at radius 3 is 2.17 bits per heavy atom. The molecule has 68 valence electrons. The van der Waals surface area contributed by atoms with E-state index in [1.807, 2.05) is 0 Å². The Kier molecular flexibility index (Phi) is 1.25. The molecule has 0 heterocycles. The van der Waals surface area contributed by atoms with Gasteiger partial charge in [0.05, 0.1) is 5.60 Å². The minimum atomic E-state index is -0.464. The Hall–Kier alpha value is -0.0800. The molecule has 4 aliphatic carbocycles. The summed E-state index contributed by atoms with van der Waals surface area (Å²) in [5.41, 5.74) is 5.59. The van der Waals surface area contributed by atoms with Gasteiger partial charge in [-0.15, -0.1) is 0 Å². The summed E-state index contributed by atoms with van der Waals surface area (Å²) in [6.07, 6.45) is 5.92. The van der Waals surface area contributed by atoms with Crippen LogP contribution in [0.25, 0.3) is 0 Å². The number of aliphatic hydroxyl groups is 1. The summed E-state index contributed by atoms with van der Waals surface area (Å²) in [7, 11) is 0. The summed E-state index contributed by atoms with van der Waals surface area (Å²) in [6, 6.07) is 0.0882. The lowest BCUT2D eigenvalue weighted by Gasteiger charge is -2.57. The van der Waals surface area contributed by atoms with Gasteiger partial charge in [-0.25, -0.2) is 0 Å². The molecule has 12 heavy (non-hydrogen) atoms. The zero-order valence-electron chi connectivity index (χ0n) is 7.37. The molecule has 2 nitrogen and oxygen atoms in total. The van der Waals surface area contributed by atoms with Gasteiger partial charge in [0, 0.05) is 6.04 Å². The van der Waals surface area contributed by atoms with E-state index in [2.05, 4.69) is 0 Å². The second-order valence-corrected chi connectivity index (χ2v) is 5.24. The van der Waals surface area contributed by atoms with Crippen LogP contribution in [0.3, 0.4) is 0 Å². The predicted octanol–water partition coefficient (Wildman–Crippen LogP) is 0.885. The van der Waals surface area contributed by atoms with E-state index in [4.69, 9.17) is 5.73 Å². The van der Waals surface area contributed by atoms with Crippen molar-refractivity contribution >= 4 is 0 Å². The van der Waals surface area contributed by atoms with Crippen LogP contribution in [0.4, 0.5) is 0 Å². The maximum Gasteiger partial charge on any atom is 0.0805 e. The van der Waals surface area contributed by atoms with Gasteiger partial charge in [0.1, 0.15) is 0 Å². The standard InChI is InChI=1S/C10H17NO/c11-9-8-2-6-1-7(3-8)5-10(9,12)4-6/h6-9,12H,1-5,11H2/t6-,7+,8?,9?,10?. The van der Waals surface area contributed by atoms with Crippen molar-refractivity contribution in [2.75, 3.05) is 0 Å². The van der Waals surface area contributed by atoms with Crippen molar-refractivity contribution in [2.45, 2.75) is 43.7 Å². The van der Waals surface area contributed by atoms with E-state index in [1.54, 1.807) is 0 Å². The fourth-order valence-corrected chi connectivity index (χ4v) is 4.04. The monoisotopic (exact) mass is 167 g/mol. The molecular formula is C10H17NO. The smallest absolute Gasteiger partial charge is 0.0805 e. The van der Waals surface area contributed by atoms with Crippen LogP contribution < -0.4 is 5.73 Å². The van der Waals surface area contributed by atoms with E-state index in [0.29, 0.717) is 5.92 Å². The van der Waals surface area contributed by atoms with Gasteiger partial charge < -0.3 is 10.8 Å². The highest BCUT2D eigenvalue weighted by Crippen LogP contribution is 2.54. The first-order valence-corrected chi connectivity index (χ1v) is 5.15. The van der Waals surface area contributed by atoms with Crippen molar-refractivity contribution in [1.82, 2.24) is 0 Å². The molecule has 4 fully saturated rings. The minimum absolute atomic E-state index is 0.0882. The third-order valence-electron chi connectivity index (χ3n) is 4.35. The van der Waals surface area contributed by atoms with Crippen molar-refractivity contribution in [1.29, 1.82) is 0 Å². The number of hydrogen-bond donors (Lipinski definition) is 2. The van der Waals surface area contributed by atoms with E-state index in [1.165, 1.54) is 19.3 Å². The van der Waals surface area contributed by atoms with Gasteiger partial charge in [-0.1, -0.05) is 0 Å². The summed E-state index contributed by atoms with van der Waals surface area (Å²) in [5, 5.41) is 10.2. The van der Waals surface area contributed by atoms with Gasteiger partial charge in [0.2, 0.25) is 0 Å². The van der Waals surface area contributed by atoms with E-state index >= 15 is 0 Å². The van der Waals surface area contributed by atoms with E-state index in [-0.39, 0.29) is 6.04 Å². The number of rotatable bonds is 0. The molecule has 4 bridgehead atoms. The third-order valence-corrected chi connectivity index (χ3v) is 4.35. The fourth-order valence-electron chi connectivity index (χ4n) is 4.04. The van der Waals surface area contributed by atoms with Crippen LogP contribution in [-0.2, 0) is 0 Å². The average Bonchev–Trinajstić information content (AvgIpc) is 1.98. The maximum atomic E-state index is 10.2. The van der Waals surface area contributed by atoms with Crippen molar-refractivity contribution in [3.05, 3.63) is 0 Å². The molecule has 0 saturated heterocycles. The van der Waals surface area contributed by atoms with E-state index < -0.39 is 5.60 Å². The quantitative estimate of drug-likeness (QED) is 0.562. The molecule has 4 rings (SSSR count). The molecule has 0 amide bonds. The van der Waals surface area contributed by atoms with Crippen LogP contribution >= 0.6 is 0 Å². The molecule has 0 radical (unpaired) electrons. The van der Waals surface area contributed by atoms with Gasteiger partial charge >= 0.3 is 0 Å². The molecule has 3 unspecified atom stereocenters. The van der Waals surface area contributed by atoms with E-state index in [9.17, 15) is 5.11 Å². The molecule has 0 aromatic heterocycles. The highest BCUT2D eigenvalue weighted by Gasteiger charge is 2.54. The van der Waals surface area contributed by atoms with Crippen LogP contribution in [0.5, 0.6) is 0 Å². The van der Waals surface area contributed by atoms with Gasteiger partial charge in [0.15, 0.2) is 0 Å². The first-order chi connectivity index (χ1) is 5.67. The van der Waals surface area contributed by atoms with Gasteiger partial charge in [-0.3, -0.25) is 0 Å². The summed E-state index contributed by atoms with van der Waals surface area (Å²) in [6.45, 7) is 0. The maximum absolute atomic E-state index is 10.2. The Morgan fingerprint density at radius 2 is 1.67 bits per heavy atom. The second-order valence-electron chi connectivity index (χ2n) is 5.24. The Morgan fingerprint density at radius 1 is 1.08 bits per heavy atom. The van der Waals surface area contributed by atoms with Crippen molar-refractivity contribution in [2.24, 2.45) is 23.5 Å². The van der Waals surface area contributed by atoms with Crippen LogP contribution in [0.15, 0.2) is 0 Å². The van der Waals surface area contributed by atoms with Crippen molar-refractivity contribution in [3.8, 4) is 0 Å². The van der Waals surface area contributed by atoms with Crippen molar-refractivity contribution < 1.29 is 5.11 Å². The van der Waals surface area contributed by atoms with Gasteiger partial charge in [0.25, 0.3) is 0 Å². The minimum Gasteiger partial charge on any atom is -0.388 e. The lowest BCUT2D eigenvalue weighted by Crippen LogP contribution is -2.63. The summed E-state index contributed by atoms with van der Waals surface area (Å²) >= 11 is 0. The van der Waals surface area contributed by atoms with Crippen LogP contribution in [-0.4, -0.2) is 16.7 Å². The topological polar surface area (TPSA) is 46.2 Å². The first kappa shape index (κ1) is 7.34. The van der Waals surface area contributed by atoms with Gasteiger partial charge in [-0.2, -0.15) is 0 Å². The lowest BCUT2D eigenvalue weighted by molar-refractivity contribution is -0.139. The number of nitrogens with two attached hydrogens (primary N) is 1. The molecule has 0 aromatic carbocycles. The Balaban J connectivity index is 1.97.